The van der Waals surface area contributed by atoms with Crippen molar-refractivity contribution < 1.29 is 32.9 Å². The predicted octanol–water partition coefficient (Wildman–Crippen LogP) is 1.55. The van der Waals surface area contributed by atoms with E-state index < -0.39 is 35.5 Å². The van der Waals surface area contributed by atoms with Crippen molar-refractivity contribution in [3.8, 4) is 5.75 Å². The van der Waals surface area contributed by atoms with Gasteiger partial charge in [0.2, 0.25) is 5.91 Å². The maximum atomic E-state index is 12.9. The molecule has 1 aromatic rings. The van der Waals surface area contributed by atoms with E-state index in [0.29, 0.717) is 44.4 Å². The number of benzene rings is 1. The first kappa shape index (κ1) is 22.9. The van der Waals surface area contributed by atoms with Gasteiger partial charge in [0, 0.05) is 17.9 Å². The van der Waals surface area contributed by atoms with Crippen LogP contribution >= 0.6 is 0 Å². The second kappa shape index (κ2) is 7.56. The minimum Gasteiger partial charge on any atom is -0.497 e. The van der Waals surface area contributed by atoms with Gasteiger partial charge in [0.25, 0.3) is 0 Å². The summed E-state index contributed by atoms with van der Waals surface area (Å²) in [4.78, 5) is 14.9. The Morgan fingerprint density at radius 3 is 2.73 bits per heavy atom. The normalized spacial score (nSPS) is 38.1. The fourth-order valence-electron chi connectivity index (χ4n) is 6.95. The third-order valence-electron chi connectivity index (χ3n) is 8.45. The molecule has 2 aliphatic heterocycles. The van der Waals surface area contributed by atoms with E-state index in [9.17, 15) is 28.2 Å². The number of fused-ring (bicyclic) bond motifs is 1. The lowest BCUT2D eigenvalue weighted by Crippen LogP contribution is -2.76. The van der Waals surface area contributed by atoms with Crippen molar-refractivity contribution in [2.75, 3.05) is 20.2 Å². The fraction of sp³-hybridized carbons (Fsp3) is 0.696. The molecule has 2 saturated heterocycles. The number of carbonyl (C=O) groups is 1. The first-order valence-corrected chi connectivity index (χ1v) is 11.5. The number of methoxy groups -OCH3 is 1. The monoisotopic (exact) mass is 469 g/mol. The molecule has 0 radical (unpaired) electrons. The van der Waals surface area contributed by atoms with Crippen LogP contribution in [0.15, 0.2) is 18.2 Å². The summed E-state index contributed by atoms with van der Waals surface area (Å²) in [5, 5.41) is 27.9. The van der Waals surface area contributed by atoms with Crippen molar-refractivity contribution in [2.45, 2.75) is 80.1 Å². The summed E-state index contributed by atoms with van der Waals surface area (Å²) in [6.45, 7) is 0.790. The molecule has 1 saturated carbocycles. The molecular formula is C23H30F3N3O4. The quantitative estimate of drug-likeness (QED) is 0.535. The second-order valence-corrected chi connectivity index (χ2v) is 10.0. The minimum absolute atomic E-state index is 0.0152. The van der Waals surface area contributed by atoms with E-state index in [1.54, 1.807) is 7.11 Å². The SMILES string of the molecule is COc1ccc2c(c1)[C@]13CCN(CCCC(F)(F)F)[C@H](C2)[C@]1(O)CC[C@@]1(C3)NC(O)NC1=O. The maximum Gasteiger partial charge on any atom is 0.389 e. The first-order chi connectivity index (χ1) is 15.5. The Hall–Kier alpha value is -1.88. The number of rotatable bonds is 4. The van der Waals surface area contributed by atoms with Gasteiger partial charge in [0.1, 0.15) is 11.3 Å². The fourth-order valence-corrected chi connectivity index (χ4v) is 6.95. The van der Waals surface area contributed by atoms with Gasteiger partial charge in [0.15, 0.2) is 6.35 Å². The lowest BCUT2D eigenvalue weighted by Gasteiger charge is -2.66. The maximum absolute atomic E-state index is 12.9. The molecule has 1 aromatic carbocycles. The van der Waals surface area contributed by atoms with Gasteiger partial charge in [-0.2, -0.15) is 13.2 Å². The highest BCUT2D eigenvalue weighted by molar-refractivity contribution is 5.89. The number of ether oxygens (including phenoxy) is 1. The van der Waals surface area contributed by atoms with E-state index in [1.165, 1.54) is 0 Å². The molecule has 1 unspecified atom stereocenters. The number of amides is 1. The van der Waals surface area contributed by atoms with E-state index in [4.69, 9.17) is 4.74 Å². The van der Waals surface area contributed by atoms with Gasteiger partial charge in [-0.25, -0.2) is 0 Å². The molecule has 5 atom stereocenters. The zero-order chi connectivity index (χ0) is 23.6. The molecule has 5 rings (SSSR count). The lowest BCUT2D eigenvalue weighted by molar-refractivity contribution is -0.182. The molecule has 4 N–H and O–H groups in total. The highest BCUT2D eigenvalue weighted by atomic mass is 19.4. The summed E-state index contributed by atoms with van der Waals surface area (Å²) >= 11 is 0. The van der Waals surface area contributed by atoms with Crippen molar-refractivity contribution in [3.63, 3.8) is 0 Å². The van der Waals surface area contributed by atoms with Crippen molar-refractivity contribution in [1.29, 1.82) is 0 Å². The number of hydrogen-bond donors (Lipinski definition) is 4. The van der Waals surface area contributed by atoms with Crippen LogP contribution in [0.5, 0.6) is 5.75 Å². The van der Waals surface area contributed by atoms with Crippen LogP contribution in [0, 0.1) is 0 Å². The van der Waals surface area contributed by atoms with E-state index in [0.717, 1.165) is 11.1 Å². The molecule has 2 heterocycles. The van der Waals surface area contributed by atoms with Crippen LogP contribution in [0.2, 0.25) is 0 Å². The Bertz CT molecular complexity index is 959. The zero-order valence-corrected chi connectivity index (χ0v) is 18.5. The van der Waals surface area contributed by atoms with Crippen LogP contribution in [0.3, 0.4) is 0 Å². The Kier molecular flexibility index (Phi) is 5.24. The van der Waals surface area contributed by atoms with Gasteiger partial charge in [0.05, 0.1) is 12.7 Å². The number of piperidine rings is 1. The van der Waals surface area contributed by atoms with Crippen molar-refractivity contribution in [2.24, 2.45) is 0 Å². The number of carbonyl (C=O) groups excluding carboxylic acids is 1. The molecule has 2 bridgehead atoms. The summed E-state index contributed by atoms with van der Waals surface area (Å²) in [5.74, 6) is 0.366. The van der Waals surface area contributed by atoms with E-state index >= 15 is 0 Å². The molecule has 7 nitrogen and oxygen atoms in total. The molecule has 182 valence electrons. The number of nitrogens with zero attached hydrogens (tertiary/aromatic N) is 1. The molecule has 1 spiro atoms. The smallest absolute Gasteiger partial charge is 0.389 e. The Morgan fingerprint density at radius 2 is 2.06 bits per heavy atom. The topological polar surface area (TPSA) is 94.1 Å². The van der Waals surface area contributed by atoms with Crippen LogP contribution in [0.25, 0.3) is 0 Å². The number of alkyl halides is 3. The predicted molar refractivity (Wildman–Crippen MR) is 112 cm³/mol. The third kappa shape index (κ3) is 3.45. The van der Waals surface area contributed by atoms with Gasteiger partial charge >= 0.3 is 6.18 Å². The Balaban J connectivity index is 1.55. The second-order valence-electron chi connectivity index (χ2n) is 10.0. The largest absolute Gasteiger partial charge is 0.497 e. The molecular weight excluding hydrogens is 439 g/mol. The summed E-state index contributed by atoms with van der Waals surface area (Å²) in [5.41, 5.74) is -1.05. The zero-order valence-electron chi connectivity index (χ0n) is 18.5. The summed E-state index contributed by atoms with van der Waals surface area (Å²) in [6, 6.07) is 5.40. The van der Waals surface area contributed by atoms with Gasteiger partial charge in [-0.05, 0) is 74.9 Å². The van der Waals surface area contributed by atoms with Crippen molar-refractivity contribution in [1.82, 2.24) is 15.5 Å². The average molecular weight is 470 g/mol. The summed E-state index contributed by atoms with van der Waals surface area (Å²) in [7, 11) is 1.57. The van der Waals surface area contributed by atoms with Gasteiger partial charge in [-0.15, -0.1) is 0 Å². The number of hydrogen-bond acceptors (Lipinski definition) is 6. The Morgan fingerprint density at radius 1 is 1.27 bits per heavy atom. The number of nitrogens with one attached hydrogen (secondary N) is 2. The lowest BCUT2D eigenvalue weighted by atomic mass is 9.46. The van der Waals surface area contributed by atoms with Crippen LogP contribution in [-0.2, 0) is 16.6 Å². The van der Waals surface area contributed by atoms with Crippen LogP contribution in [0.4, 0.5) is 13.2 Å². The minimum atomic E-state index is -4.20. The molecule has 3 fully saturated rings. The van der Waals surface area contributed by atoms with Gasteiger partial charge in [-0.1, -0.05) is 6.07 Å². The van der Waals surface area contributed by atoms with Crippen molar-refractivity contribution in [3.05, 3.63) is 29.3 Å². The number of halogens is 3. The number of aliphatic hydroxyl groups excluding tert-OH is 1. The number of likely N-dealkylation sites (tertiary alicyclic amines) is 1. The van der Waals surface area contributed by atoms with Crippen molar-refractivity contribution >= 4 is 5.91 Å². The van der Waals surface area contributed by atoms with Crippen LogP contribution in [-0.4, -0.2) is 70.9 Å². The van der Waals surface area contributed by atoms with Gasteiger partial charge < -0.3 is 20.3 Å². The molecule has 4 aliphatic rings. The molecule has 33 heavy (non-hydrogen) atoms. The average Bonchev–Trinajstić information content (AvgIpc) is 3.01. The number of aliphatic hydroxyl groups is 2. The van der Waals surface area contributed by atoms with E-state index in [1.807, 2.05) is 23.1 Å². The van der Waals surface area contributed by atoms with Crippen LogP contribution < -0.4 is 15.4 Å². The summed E-state index contributed by atoms with van der Waals surface area (Å²) in [6.07, 6.45) is -4.25. The van der Waals surface area contributed by atoms with Crippen LogP contribution in [0.1, 0.15) is 49.7 Å². The third-order valence-corrected chi connectivity index (χ3v) is 8.45. The molecule has 10 heteroatoms. The molecule has 2 aliphatic carbocycles. The molecule has 1 amide bonds. The molecule has 0 aromatic heterocycles. The highest BCUT2D eigenvalue weighted by Gasteiger charge is 2.69. The standard InChI is InChI=1S/C23H30F3N3O4/c1-33-15-4-3-14-11-17-22(32)7-6-21(18(30)27-19(31)28-21)13-20(22,16(14)12-15)8-10-29(17)9-2-5-23(24,25)26/h3-4,12,17,19,28,31-32H,2,5-11,13H2,1H3,(H,27,30)/t17-,19?,20-,21+,22-/m1/s1. The first-order valence-electron chi connectivity index (χ1n) is 11.5. The van der Waals surface area contributed by atoms with Gasteiger partial charge in [-0.3, -0.25) is 15.0 Å². The highest BCUT2D eigenvalue weighted by Crippen LogP contribution is 2.60. The van der Waals surface area contributed by atoms with E-state index in [-0.39, 0.29) is 24.9 Å². The summed E-state index contributed by atoms with van der Waals surface area (Å²) < 4.78 is 43.8. The van der Waals surface area contributed by atoms with E-state index in [2.05, 4.69) is 10.6 Å². The Labute approximate surface area is 190 Å².